The Hall–Kier alpha value is -2.82. The van der Waals surface area contributed by atoms with Crippen molar-refractivity contribution in [3.8, 4) is 5.75 Å². The third-order valence-corrected chi connectivity index (χ3v) is 3.84. The topological polar surface area (TPSA) is 67.0 Å². The van der Waals surface area contributed by atoms with Gasteiger partial charge in [-0.15, -0.1) is 0 Å². The summed E-state index contributed by atoms with van der Waals surface area (Å²) in [4.78, 5) is 19.5. The highest BCUT2D eigenvalue weighted by Gasteiger charge is 2.13. The van der Waals surface area contributed by atoms with E-state index in [2.05, 4.69) is 15.3 Å². The summed E-state index contributed by atoms with van der Waals surface area (Å²) in [5, 5.41) is 5.09. The van der Waals surface area contributed by atoms with Gasteiger partial charge in [0.2, 0.25) is 5.91 Å². The largest absolute Gasteiger partial charge is 0.497 e. The molecule has 1 aromatic heterocycles. The van der Waals surface area contributed by atoms with Crippen molar-refractivity contribution in [2.75, 3.05) is 7.11 Å². The minimum absolute atomic E-state index is 0.0378. The maximum atomic E-state index is 12.3. The lowest BCUT2D eigenvalue weighted by Gasteiger charge is -2.13. The van der Waals surface area contributed by atoms with Crippen LogP contribution in [0.4, 0.5) is 0 Å². The van der Waals surface area contributed by atoms with Crippen LogP contribution >= 0.6 is 0 Å². The van der Waals surface area contributed by atoms with Gasteiger partial charge >= 0.3 is 0 Å². The second-order valence-corrected chi connectivity index (χ2v) is 5.44. The minimum atomic E-state index is -0.151. The van der Waals surface area contributed by atoms with Gasteiger partial charge in [-0.1, -0.05) is 24.3 Å². The summed E-state index contributed by atoms with van der Waals surface area (Å²) in [5.41, 5.74) is 0.977. The average molecular weight is 309 g/mol. The number of rotatable bonds is 5. The number of fused-ring (bicyclic) bond motifs is 1. The molecule has 0 saturated carbocycles. The molecule has 3 rings (SSSR count). The summed E-state index contributed by atoms with van der Waals surface area (Å²) < 4.78 is 5.28. The first-order valence-electron chi connectivity index (χ1n) is 7.51. The van der Waals surface area contributed by atoms with Crippen LogP contribution in [-0.2, 0) is 11.2 Å². The Bertz CT molecular complexity index is 812. The fraction of sp³-hybridized carbons (Fsp3) is 0.222. The minimum Gasteiger partial charge on any atom is -0.497 e. The number of imidazole rings is 1. The Labute approximate surface area is 134 Å². The third kappa shape index (κ3) is 3.34. The van der Waals surface area contributed by atoms with Crippen molar-refractivity contribution in [2.24, 2.45) is 0 Å². The molecule has 3 aromatic rings. The van der Waals surface area contributed by atoms with Crippen LogP contribution in [-0.4, -0.2) is 23.0 Å². The second kappa shape index (κ2) is 6.52. The van der Waals surface area contributed by atoms with E-state index in [1.165, 1.54) is 0 Å². The molecule has 0 bridgehead atoms. The first-order valence-corrected chi connectivity index (χ1v) is 7.51. The molecule has 0 spiro atoms. The van der Waals surface area contributed by atoms with Gasteiger partial charge in [-0.3, -0.25) is 4.79 Å². The van der Waals surface area contributed by atoms with Crippen LogP contribution in [0.15, 0.2) is 48.8 Å². The Kier molecular flexibility index (Phi) is 4.28. The fourth-order valence-corrected chi connectivity index (χ4v) is 2.65. The van der Waals surface area contributed by atoms with E-state index in [1.54, 1.807) is 19.5 Å². The van der Waals surface area contributed by atoms with Gasteiger partial charge in [0.1, 0.15) is 11.6 Å². The molecular formula is C18H19N3O2. The number of amides is 1. The predicted octanol–water partition coefficient (Wildman–Crippen LogP) is 2.99. The fourth-order valence-electron chi connectivity index (χ4n) is 2.65. The zero-order valence-corrected chi connectivity index (χ0v) is 13.2. The quantitative estimate of drug-likeness (QED) is 0.761. The molecule has 5 nitrogen and oxygen atoms in total. The van der Waals surface area contributed by atoms with Crippen LogP contribution in [0.5, 0.6) is 5.75 Å². The number of hydrogen-bond acceptors (Lipinski definition) is 3. The van der Waals surface area contributed by atoms with Crippen molar-refractivity contribution in [2.45, 2.75) is 19.4 Å². The molecule has 118 valence electrons. The van der Waals surface area contributed by atoms with Crippen molar-refractivity contribution >= 4 is 16.7 Å². The summed E-state index contributed by atoms with van der Waals surface area (Å²) in [6.07, 6.45) is 3.74. The van der Waals surface area contributed by atoms with Crippen LogP contribution < -0.4 is 10.1 Å². The van der Waals surface area contributed by atoms with Gasteiger partial charge < -0.3 is 15.0 Å². The van der Waals surface area contributed by atoms with E-state index in [9.17, 15) is 4.79 Å². The van der Waals surface area contributed by atoms with Crippen LogP contribution in [0.3, 0.4) is 0 Å². The van der Waals surface area contributed by atoms with Gasteiger partial charge in [-0.25, -0.2) is 4.98 Å². The van der Waals surface area contributed by atoms with Crippen molar-refractivity contribution in [3.63, 3.8) is 0 Å². The first kappa shape index (κ1) is 15.1. The third-order valence-electron chi connectivity index (χ3n) is 3.84. The molecule has 0 aliphatic rings. The normalized spacial score (nSPS) is 12.1. The van der Waals surface area contributed by atoms with Gasteiger partial charge in [0.05, 0.1) is 19.6 Å². The van der Waals surface area contributed by atoms with Crippen LogP contribution in [0.25, 0.3) is 10.8 Å². The zero-order chi connectivity index (χ0) is 16.2. The molecule has 0 aliphatic heterocycles. The van der Waals surface area contributed by atoms with Gasteiger partial charge in [-0.2, -0.15) is 0 Å². The predicted molar refractivity (Wildman–Crippen MR) is 89.3 cm³/mol. The molecule has 1 amide bonds. The highest BCUT2D eigenvalue weighted by atomic mass is 16.5. The number of aromatic amines is 1. The van der Waals surface area contributed by atoms with Crippen molar-refractivity contribution in [3.05, 3.63) is 60.2 Å². The number of methoxy groups -OCH3 is 1. The van der Waals surface area contributed by atoms with Gasteiger partial charge in [-0.05, 0) is 35.4 Å². The Morgan fingerprint density at radius 1 is 1.35 bits per heavy atom. The lowest BCUT2D eigenvalue weighted by Crippen LogP contribution is -2.28. The van der Waals surface area contributed by atoms with E-state index < -0.39 is 0 Å². The number of aromatic nitrogens is 2. The number of carbonyl (C=O) groups excluding carboxylic acids is 1. The molecule has 0 unspecified atom stereocenters. The molecule has 0 radical (unpaired) electrons. The molecule has 1 atom stereocenters. The summed E-state index contributed by atoms with van der Waals surface area (Å²) in [6, 6.07) is 11.7. The highest BCUT2D eigenvalue weighted by molar-refractivity contribution is 5.91. The highest BCUT2D eigenvalue weighted by Crippen LogP contribution is 2.24. The second-order valence-electron chi connectivity index (χ2n) is 5.44. The molecule has 2 aromatic carbocycles. The zero-order valence-electron chi connectivity index (χ0n) is 13.2. The number of nitrogens with one attached hydrogen (secondary N) is 2. The smallest absolute Gasteiger partial charge is 0.225 e. The number of ether oxygens (including phenoxy) is 1. The molecule has 2 N–H and O–H groups in total. The molecule has 0 fully saturated rings. The number of nitrogens with zero attached hydrogens (tertiary/aromatic N) is 1. The van der Waals surface area contributed by atoms with E-state index in [0.717, 1.165) is 27.9 Å². The summed E-state index contributed by atoms with van der Waals surface area (Å²) in [5.74, 6) is 1.50. The summed E-state index contributed by atoms with van der Waals surface area (Å²) in [7, 11) is 1.64. The maximum absolute atomic E-state index is 12.3. The Morgan fingerprint density at radius 3 is 2.96 bits per heavy atom. The van der Waals surface area contributed by atoms with E-state index in [4.69, 9.17) is 4.74 Å². The number of H-pyrrole nitrogens is 1. The summed E-state index contributed by atoms with van der Waals surface area (Å²) in [6.45, 7) is 1.91. The Morgan fingerprint density at radius 2 is 2.22 bits per heavy atom. The molecule has 1 heterocycles. The molecule has 0 aliphatic carbocycles. The standard InChI is InChI=1S/C18H19N3O2/c1-12(18-19-8-9-20-18)21-17(22)10-14-5-3-4-13-6-7-15(23-2)11-16(13)14/h3-9,11-12H,10H2,1-2H3,(H,19,20)(H,21,22)/t12-/m1/s1. The van der Waals surface area contributed by atoms with E-state index >= 15 is 0 Å². The average Bonchev–Trinajstić information content (AvgIpc) is 3.09. The van der Waals surface area contributed by atoms with Crippen molar-refractivity contribution in [1.29, 1.82) is 0 Å². The van der Waals surface area contributed by atoms with E-state index in [0.29, 0.717) is 6.42 Å². The lowest BCUT2D eigenvalue weighted by atomic mass is 10.0. The molecule has 0 saturated heterocycles. The molecular weight excluding hydrogens is 290 g/mol. The first-order chi connectivity index (χ1) is 11.2. The number of hydrogen-bond donors (Lipinski definition) is 2. The van der Waals surface area contributed by atoms with Gasteiger partial charge in [0, 0.05) is 12.4 Å². The SMILES string of the molecule is COc1ccc2cccc(CC(=O)N[C@H](C)c3ncc[nH]3)c2c1. The molecule has 23 heavy (non-hydrogen) atoms. The Balaban J connectivity index is 1.79. The monoisotopic (exact) mass is 309 g/mol. The van der Waals surface area contributed by atoms with Gasteiger partial charge in [0.15, 0.2) is 0 Å². The van der Waals surface area contributed by atoms with Gasteiger partial charge in [0.25, 0.3) is 0 Å². The maximum Gasteiger partial charge on any atom is 0.225 e. The van der Waals surface area contributed by atoms with E-state index in [1.807, 2.05) is 43.3 Å². The van der Waals surface area contributed by atoms with Crippen LogP contribution in [0.1, 0.15) is 24.4 Å². The lowest BCUT2D eigenvalue weighted by molar-refractivity contribution is -0.121. The molecule has 5 heteroatoms. The van der Waals surface area contributed by atoms with Crippen molar-refractivity contribution in [1.82, 2.24) is 15.3 Å². The van der Waals surface area contributed by atoms with Crippen molar-refractivity contribution < 1.29 is 9.53 Å². The number of carbonyl (C=O) groups is 1. The van der Waals surface area contributed by atoms with E-state index in [-0.39, 0.29) is 11.9 Å². The summed E-state index contributed by atoms with van der Waals surface area (Å²) >= 11 is 0. The van der Waals surface area contributed by atoms with Crippen LogP contribution in [0, 0.1) is 0 Å². The number of benzene rings is 2. The van der Waals surface area contributed by atoms with Crippen LogP contribution in [0.2, 0.25) is 0 Å².